The van der Waals surface area contributed by atoms with Crippen LogP contribution < -0.4 is 10.0 Å². The lowest BCUT2D eigenvalue weighted by atomic mass is 10.1. The number of ether oxygens (including phenoxy) is 1. The lowest BCUT2D eigenvalue weighted by molar-refractivity contribution is -0.116. The second-order valence-corrected chi connectivity index (χ2v) is 10.0. The molecule has 1 aromatic heterocycles. The molecule has 4 rings (SSSR count). The van der Waals surface area contributed by atoms with Crippen molar-refractivity contribution in [2.24, 2.45) is 0 Å². The maximum Gasteiger partial charge on any atom is 0.240 e. The van der Waals surface area contributed by atoms with Gasteiger partial charge in [-0.25, -0.2) is 13.1 Å². The van der Waals surface area contributed by atoms with Crippen LogP contribution in [-0.4, -0.2) is 63.7 Å². The van der Waals surface area contributed by atoms with Crippen LogP contribution in [0.2, 0.25) is 0 Å². The zero-order chi connectivity index (χ0) is 23.3. The number of nitrogens with one attached hydrogen (secondary N) is 2. The molecular weight excluding hydrogens is 440 g/mol. The topological polar surface area (TPSA) is 92.7 Å². The number of amides is 1. The highest BCUT2D eigenvalue weighted by atomic mass is 32.2. The summed E-state index contributed by atoms with van der Waals surface area (Å²) in [6.45, 7) is 5.48. The third kappa shape index (κ3) is 6.00. The largest absolute Gasteiger partial charge is 0.379 e. The molecule has 1 aliphatic rings. The van der Waals surface area contributed by atoms with Gasteiger partial charge in [-0.2, -0.15) is 0 Å². The maximum atomic E-state index is 12.4. The van der Waals surface area contributed by atoms with Crippen molar-refractivity contribution in [3.05, 3.63) is 60.3 Å². The van der Waals surface area contributed by atoms with Gasteiger partial charge in [0.25, 0.3) is 0 Å². The molecular formula is C24H30N4O4S. The monoisotopic (exact) mass is 470 g/mol. The molecule has 0 spiro atoms. The van der Waals surface area contributed by atoms with E-state index in [2.05, 4.69) is 31.8 Å². The standard InChI is InChI=1S/C24H30N4O4S/c1-25-33(30,31)22-6-2-19(3-7-22)4-9-24(29)26-21-5-8-23-20(18-21)10-11-28(23)13-12-27-14-16-32-17-15-27/h2-3,5-8,10-11,18,25H,4,9,12-17H2,1H3,(H,26,29). The Labute approximate surface area is 194 Å². The fraction of sp³-hybridized carbons (Fsp3) is 0.375. The van der Waals surface area contributed by atoms with Gasteiger partial charge in [0.1, 0.15) is 0 Å². The van der Waals surface area contributed by atoms with Crippen molar-refractivity contribution >= 4 is 32.5 Å². The second-order valence-electron chi connectivity index (χ2n) is 8.14. The third-order valence-electron chi connectivity index (χ3n) is 5.96. The Bertz CT molecular complexity index is 1200. The molecule has 176 valence electrons. The number of rotatable bonds is 9. The van der Waals surface area contributed by atoms with Gasteiger partial charge in [0.2, 0.25) is 15.9 Å². The summed E-state index contributed by atoms with van der Waals surface area (Å²) in [5.41, 5.74) is 2.83. The smallest absolute Gasteiger partial charge is 0.240 e. The van der Waals surface area contributed by atoms with Gasteiger partial charge in [0.15, 0.2) is 0 Å². The Morgan fingerprint density at radius 3 is 2.52 bits per heavy atom. The molecule has 1 amide bonds. The molecule has 0 atom stereocenters. The Morgan fingerprint density at radius 2 is 1.79 bits per heavy atom. The first-order valence-corrected chi connectivity index (χ1v) is 12.6. The van der Waals surface area contributed by atoms with Gasteiger partial charge in [-0.3, -0.25) is 9.69 Å². The van der Waals surface area contributed by atoms with Crippen molar-refractivity contribution in [2.75, 3.05) is 45.2 Å². The van der Waals surface area contributed by atoms with Crippen molar-refractivity contribution in [1.82, 2.24) is 14.2 Å². The molecule has 1 aliphatic heterocycles. The van der Waals surface area contributed by atoms with Crippen molar-refractivity contribution < 1.29 is 17.9 Å². The summed E-state index contributed by atoms with van der Waals surface area (Å²) >= 11 is 0. The number of benzene rings is 2. The number of hydrogen-bond acceptors (Lipinski definition) is 5. The van der Waals surface area contributed by atoms with E-state index in [-0.39, 0.29) is 10.8 Å². The first-order chi connectivity index (χ1) is 15.9. The number of carbonyl (C=O) groups excluding carboxylic acids is 1. The fourth-order valence-electron chi connectivity index (χ4n) is 3.98. The van der Waals surface area contributed by atoms with Gasteiger partial charge >= 0.3 is 0 Å². The summed E-state index contributed by atoms with van der Waals surface area (Å²) in [6.07, 6.45) is 2.94. The number of morpholine rings is 1. The molecule has 0 bridgehead atoms. The van der Waals surface area contributed by atoms with Crippen LogP contribution in [0.4, 0.5) is 5.69 Å². The Hall–Kier alpha value is -2.72. The molecule has 2 heterocycles. The maximum absolute atomic E-state index is 12.4. The van der Waals surface area contributed by atoms with E-state index in [1.807, 2.05) is 18.2 Å². The van der Waals surface area contributed by atoms with Crippen molar-refractivity contribution in [3.63, 3.8) is 0 Å². The van der Waals surface area contributed by atoms with Gasteiger partial charge in [0.05, 0.1) is 18.1 Å². The summed E-state index contributed by atoms with van der Waals surface area (Å²) in [4.78, 5) is 15.1. The van der Waals surface area contributed by atoms with E-state index in [0.717, 1.165) is 61.5 Å². The fourth-order valence-corrected chi connectivity index (χ4v) is 4.71. The van der Waals surface area contributed by atoms with E-state index in [9.17, 15) is 13.2 Å². The highest BCUT2D eigenvalue weighted by Gasteiger charge is 2.12. The van der Waals surface area contributed by atoms with Crippen LogP contribution in [0.15, 0.2) is 59.6 Å². The molecule has 0 aliphatic carbocycles. The van der Waals surface area contributed by atoms with E-state index in [1.54, 1.807) is 24.3 Å². The molecule has 2 aromatic carbocycles. The van der Waals surface area contributed by atoms with Crippen LogP contribution in [0, 0.1) is 0 Å². The zero-order valence-corrected chi connectivity index (χ0v) is 19.6. The minimum atomic E-state index is -3.45. The molecule has 8 nitrogen and oxygen atoms in total. The van der Waals surface area contributed by atoms with Crippen molar-refractivity contribution in [2.45, 2.75) is 24.3 Å². The summed E-state index contributed by atoms with van der Waals surface area (Å²) in [5.74, 6) is -0.0759. The average Bonchev–Trinajstić information content (AvgIpc) is 3.24. The predicted octanol–water partition coefficient (Wildman–Crippen LogP) is 2.45. The average molecular weight is 471 g/mol. The Kier molecular flexibility index (Phi) is 7.44. The zero-order valence-electron chi connectivity index (χ0n) is 18.8. The lowest BCUT2D eigenvalue weighted by Gasteiger charge is -2.26. The normalized spacial score (nSPS) is 15.1. The van der Waals surface area contributed by atoms with E-state index < -0.39 is 10.0 Å². The number of fused-ring (bicyclic) bond motifs is 1. The summed E-state index contributed by atoms with van der Waals surface area (Å²) < 4.78 is 33.5. The minimum Gasteiger partial charge on any atom is -0.379 e. The highest BCUT2D eigenvalue weighted by molar-refractivity contribution is 7.89. The first kappa shape index (κ1) is 23.4. The predicted molar refractivity (Wildman–Crippen MR) is 129 cm³/mol. The molecule has 0 unspecified atom stereocenters. The van der Waals surface area contributed by atoms with Gasteiger partial charge in [0, 0.05) is 55.4 Å². The summed E-state index contributed by atoms with van der Waals surface area (Å²) in [6, 6.07) is 14.6. The number of hydrogen-bond donors (Lipinski definition) is 2. The molecule has 9 heteroatoms. The number of anilines is 1. The molecule has 1 fully saturated rings. The second kappa shape index (κ2) is 10.5. The number of carbonyl (C=O) groups is 1. The van der Waals surface area contributed by atoms with Crippen molar-refractivity contribution in [1.29, 1.82) is 0 Å². The first-order valence-electron chi connectivity index (χ1n) is 11.2. The van der Waals surface area contributed by atoms with Crippen LogP contribution in [0.25, 0.3) is 10.9 Å². The van der Waals surface area contributed by atoms with Gasteiger partial charge in [-0.15, -0.1) is 0 Å². The van der Waals surface area contributed by atoms with Gasteiger partial charge in [-0.1, -0.05) is 12.1 Å². The Morgan fingerprint density at radius 1 is 1.03 bits per heavy atom. The lowest BCUT2D eigenvalue weighted by Crippen LogP contribution is -2.38. The van der Waals surface area contributed by atoms with E-state index >= 15 is 0 Å². The van der Waals surface area contributed by atoms with E-state index in [1.165, 1.54) is 7.05 Å². The number of nitrogens with zero attached hydrogens (tertiary/aromatic N) is 2. The van der Waals surface area contributed by atoms with Crippen LogP contribution in [-0.2, 0) is 32.5 Å². The quantitative estimate of drug-likeness (QED) is 0.501. The number of aryl methyl sites for hydroxylation is 1. The molecule has 2 N–H and O–H groups in total. The molecule has 33 heavy (non-hydrogen) atoms. The van der Waals surface area contributed by atoms with E-state index in [0.29, 0.717) is 12.8 Å². The summed E-state index contributed by atoms with van der Waals surface area (Å²) in [5, 5.41) is 4.06. The van der Waals surface area contributed by atoms with Crippen LogP contribution in [0.1, 0.15) is 12.0 Å². The van der Waals surface area contributed by atoms with Gasteiger partial charge < -0.3 is 14.6 Å². The summed E-state index contributed by atoms with van der Waals surface area (Å²) in [7, 11) is -2.07. The highest BCUT2D eigenvalue weighted by Crippen LogP contribution is 2.21. The molecule has 0 saturated carbocycles. The minimum absolute atomic E-state index is 0.0759. The number of aromatic nitrogens is 1. The van der Waals surface area contributed by atoms with E-state index in [4.69, 9.17) is 4.74 Å². The Balaban J connectivity index is 1.30. The molecule has 3 aromatic rings. The van der Waals surface area contributed by atoms with Crippen LogP contribution in [0.3, 0.4) is 0 Å². The van der Waals surface area contributed by atoms with Crippen LogP contribution >= 0.6 is 0 Å². The van der Waals surface area contributed by atoms with Crippen LogP contribution in [0.5, 0.6) is 0 Å². The van der Waals surface area contributed by atoms with Crippen molar-refractivity contribution in [3.8, 4) is 0 Å². The third-order valence-corrected chi connectivity index (χ3v) is 7.39. The molecule has 0 radical (unpaired) electrons. The number of sulfonamides is 1. The molecule has 1 saturated heterocycles. The van der Waals surface area contributed by atoms with Gasteiger partial charge in [-0.05, 0) is 55.4 Å². The SMILES string of the molecule is CNS(=O)(=O)c1ccc(CCC(=O)Nc2ccc3c(ccn3CCN3CCOCC3)c2)cc1.